The van der Waals surface area contributed by atoms with Gasteiger partial charge in [-0.25, -0.2) is 13.8 Å². The first kappa shape index (κ1) is 16.4. The van der Waals surface area contributed by atoms with Crippen molar-refractivity contribution in [3.63, 3.8) is 0 Å². The second-order valence-corrected chi connectivity index (χ2v) is 6.12. The number of aromatic amines is 1. The molecule has 3 heterocycles. The SMILES string of the molecule is O=c1cc(C(F)F)nc(N2CCN(c3ccnc4ccccc34)CC2)[nH]1. The molecule has 6 nitrogen and oxygen atoms in total. The number of hydrogen-bond donors (Lipinski definition) is 1. The maximum Gasteiger partial charge on any atom is 0.280 e. The molecule has 0 saturated carbocycles. The van der Waals surface area contributed by atoms with Crippen LogP contribution in [0.2, 0.25) is 0 Å². The number of nitrogens with zero attached hydrogens (tertiary/aromatic N) is 4. The van der Waals surface area contributed by atoms with Gasteiger partial charge in [-0.05, 0) is 12.1 Å². The lowest BCUT2D eigenvalue weighted by atomic mass is 10.1. The van der Waals surface area contributed by atoms with Crippen molar-refractivity contribution in [2.45, 2.75) is 6.43 Å². The highest BCUT2D eigenvalue weighted by atomic mass is 19.3. The molecule has 0 radical (unpaired) electrons. The van der Waals surface area contributed by atoms with Crippen LogP contribution in [0, 0.1) is 0 Å². The Morgan fingerprint density at radius 1 is 1.04 bits per heavy atom. The zero-order chi connectivity index (χ0) is 18.1. The molecule has 1 aromatic carbocycles. The molecule has 1 N–H and O–H groups in total. The number of H-pyrrole nitrogens is 1. The number of fused-ring (bicyclic) bond motifs is 1. The lowest BCUT2D eigenvalue weighted by molar-refractivity contribution is 0.146. The van der Waals surface area contributed by atoms with Crippen LogP contribution in [0.25, 0.3) is 10.9 Å². The Kier molecular flexibility index (Phi) is 4.24. The Morgan fingerprint density at radius 3 is 2.54 bits per heavy atom. The smallest absolute Gasteiger partial charge is 0.280 e. The van der Waals surface area contributed by atoms with Crippen LogP contribution in [-0.4, -0.2) is 41.1 Å². The van der Waals surface area contributed by atoms with Crippen LogP contribution in [-0.2, 0) is 0 Å². The summed E-state index contributed by atoms with van der Waals surface area (Å²) < 4.78 is 25.8. The van der Waals surface area contributed by atoms with E-state index in [1.807, 2.05) is 35.2 Å². The number of hydrogen-bond acceptors (Lipinski definition) is 5. The Morgan fingerprint density at radius 2 is 1.77 bits per heavy atom. The molecule has 0 bridgehead atoms. The van der Waals surface area contributed by atoms with E-state index in [1.165, 1.54) is 0 Å². The van der Waals surface area contributed by atoms with Gasteiger partial charge in [0, 0.05) is 49.5 Å². The zero-order valence-corrected chi connectivity index (χ0v) is 13.9. The average molecular weight is 357 g/mol. The fraction of sp³-hybridized carbons (Fsp3) is 0.278. The third-order valence-electron chi connectivity index (χ3n) is 4.52. The van der Waals surface area contributed by atoms with Crippen molar-refractivity contribution < 1.29 is 8.78 Å². The number of rotatable bonds is 3. The Bertz CT molecular complexity index is 977. The van der Waals surface area contributed by atoms with E-state index < -0.39 is 17.7 Å². The summed E-state index contributed by atoms with van der Waals surface area (Å²) in [5.74, 6) is 0.201. The van der Waals surface area contributed by atoms with Gasteiger partial charge in [-0.1, -0.05) is 18.2 Å². The predicted octanol–water partition coefficient (Wildman–Crippen LogP) is 2.58. The highest BCUT2D eigenvalue weighted by Gasteiger charge is 2.22. The van der Waals surface area contributed by atoms with Crippen molar-refractivity contribution in [2.24, 2.45) is 0 Å². The Balaban J connectivity index is 1.55. The van der Waals surface area contributed by atoms with Crippen molar-refractivity contribution in [1.29, 1.82) is 0 Å². The molecular weight excluding hydrogens is 340 g/mol. The molecule has 26 heavy (non-hydrogen) atoms. The molecule has 0 spiro atoms. The molecule has 1 fully saturated rings. The second-order valence-electron chi connectivity index (χ2n) is 6.12. The minimum absolute atomic E-state index is 0.201. The molecule has 4 rings (SSSR count). The van der Waals surface area contributed by atoms with Gasteiger partial charge in [-0.15, -0.1) is 0 Å². The van der Waals surface area contributed by atoms with Crippen LogP contribution in [0.4, 0.5) is 20.4 Å². The number of piperazine rings is 1. The van der Waals surface area contributed by atoms with E-state index in [1.54, 1.807) is 6.20 Å². The number of alkyl halides is 2. The summed E-state index contributed by atoms with van der Waals surface area (Å²) in [5, 5.41) is 1.08. The van der Waals surface area contributed by atoms with Crippen molar-refractivity contribution in [3.05, 3.63) is 58.6 Å². The molecule has 1 aliphatic rings. The highest BCUT2D eigenvalue weighted by molar-refractivity contribution is 5.91. The summed E-state index contributed by atoms with van der Waals surface area (Å²) >= 11 is 0. The molecule has 1 aliphatic heterocycles. The molecule has 3 aromatic rings. The largest absolute Gasteiger partial charge is 0.367 e. The predicted molar refractivity (Wildman–Crippen MR) is 96.0 cm³/mol. The minimum Gasteiger partial charge on any atom is -0.367 e. The summed E-state index contributed by atoms with van der Waals surface area (Å²) in [4.78, 5) is 26.5. The van der Waals surface area contributed by atoms with Gasteiger partial charge < -0.3 is 9.80 Å². The van der Waals surface area contributed by atoms with Crippen LogP contribution in [0.5, 0.6) is 0 Å². The summed E-state index contributed by atoms with van der Waals surface area (Å²) in [7, 11) is 0. The lowest BCUT2D eigenvalue weighted by Crippen LogP contribution is -2.47. The molecule has 1 saturated heterocycles. The van der Waals surface area contributed by atoms with Crippen LogP contribution in [0.15, 0.2) is 47.4 Å². The monoisotopic (exact) mass is 357 g/mol. The van der Waals surface area contributed by atoms with Gasteiger partial charge in [0.1, 0.15) is 5.69 Å². The molecular formula is C18H17F2N5O. The second kappa shape index (κ2) is 6.70. The fourth-order valence-electron chi connectivity index (χ4n) is 3.24. The van der Waals surface area contributed by atoms with E-state index in [0.29, 0.717) is 26.2 Å². The average Bonchev–Trinajstić information content (AvgIpc) is 2.67. The number of nitrogens with one attached hydrogen (secondary N) is 1. The fourth-order valence-corrected chi connectivity index (χ4v) is 3.24. The standard InChI is InChI=1S/C18H17F2N5O/c19-17(20)14-11-16(26)23-18(22-14)25-9-7-24(8-10-25)15-5-6-21-13-4-2-1-3-12(13)15/h1-6,11,17H,7-10H2,(H,22,23,26). The van der Waals surface area contributed by atoms with Gasteiger partial charge in [0.25, 0.3) is 12.0 Å². The van der Waals surface area contributed by atoms with Gasteiger partial charge in [0.2, 0.25) is 5.95 Å². The van der Waals surface area contributed by atoms with E-state index in [-0.39, 0.29) is 5.95 Å². The third kappa shape index (κ3) is 3.10. The number of halogens is 2. The molecule has 8 heteroatoms. The lowest BCUT2D eigenvalue weighted by Gasteiger charge is -2.36. The molecule has 0 aliphatic carbocycles. The van der Waals surface area contributed by atoms with E-state index in [0.717, 1.165) is 22.7 Å². The van der Waals surface area contributed by atoms with Gasteiger partial charge in [-0.2, -0.15) is 0 Å². The van der Waals surface area contributed by atoms with Crippen molar-refractivity contribution in [3.8, 4) is 0 Å². The van der Waals surface area contributed by atoms with Crippen LogP contribution >= 0.6 is 0 Å². The van der Waals surface area contributed by atoms with Gasteiger partial charge >= 0.3 is 0 Å². The first-order chi connectivity index (χ1) is 12.6. The quantitative estimate of drug-likeness (QED) is 0.781. The number of para-hydroxylation sites is 1. The summed E-state index contributed by atoms with van der Waals surface area (Å²) in [6.07, 6.45) is -0.977. The summed E-state index contributed by atoms with van der Waals surface area (Å²) in [6, 6.07) is 10.8. The highest BCUT2D eigenvalue weighted by Crippen LogP contribution is 2.26. The molecule has 0 atom stereocenters. The number of anilines is 2. The third-order valence-corrected chi connectivity index (χ3v) is 4.52. The Labute approximate surface area is 148 Å². The van der Waals surface area contributed by atoms with Gasteiger partial charge in [0.15, 0.2) is 0 Å². The van der Waals surface area contributed by atoms with E-state index in [4.69, 9.17) is 0 Å². The van der Waals surface area contributed by atoms with Crippen LogP contribution in [0.3, 0.4) is 0 Å². The first-order valence-electron chi connectivity index (χ1n) is 8.35. The number of benzene rings is 1. The Hall–Kier alpha value is -3.03. The molecule has 0 amide bonds. The van der Waals surface area contributed by atoms with E-state index in [9.17, 15) is 13.6 Å². The van der Waals surface area contributed by atoms with E-state index in [2.05, 4.69) is 19.9 Å². The number of pyridine rings is 1. The number of aromatic nitrogens is 3. The van der Waals surface area contributed by atoms with Crippen LogP contribution < -0.4 is 15.4 Å². The van der Waals surface area contributed by atoms with E-state index >= 15 is 0 Å². The molecule has 134 valence electrons. The summed E-state index contributed by atoms with van der Waals surface area (Å²) in [6.45, 7) is 2.53. The van der Waals surface area contributed by atoms with Crippen LogP contribution in [0.1, 0.15) is 12.1 Å². The first-order valence-corrected chi connectivity index (χ1v) is 8.35. The van der Waals surface area contributed by atoms with Crippen molar-refractivity contribution >= 4 is 22.5 Å². The summed E-state index contributed by atoms with van der Waals surface area (Å²) in [5.41, 5.74) is 0.972. The molecule has 0 unspecified atom stereocenters. The maximum absolute atomic E-state index is 12.9. The van der Waals surface area contributed by atoms with Gasteiger partial charge in [-0.3, -0.25) is 14.8 Å². The zero-order valence-electron chi connectivity index (χ0n) is 13.9. The normalized spacial score (nSPS) is 15.0. The maximum atomic E-state index is 12.9. The molecule has 2 aromatic heterocycles. The van der Waals surface area contributed by atoms with Crippen molar-refractivity contribution in [1.82, 2.24) is 15.0 Å². The minimum atomic E-state index is -2.76. The van der Waals surface area contributed by atoms with Crippen molar-refractivity contribution in [2.75, 3.05) is 36.0 Å². The topological polar surface area (TPSA) is 65.1 Å². The van der Waals surface area contributed by atoms with Gasteiger partial charge in [0.05, 0.1) is 5.52 Å².